The molecule has 2 saturated heterocycles. The highest BCUT2D eigenvalue weighted by Gasteiger charge is 2.34. The molecule has 3 aliphatic rings. The second-order valence-corrected chi connectivity index (χ2v) is 7.52. The highest BCUT2D eigenvalue weighted by molar-refractivity contribution is 6.39. The predicted molar refractivity (Wildman–Crippen MR) is 108 cm³/mol. The molecule has 0 spiro atoms. The standard InChI is InChI=1S/C20H21N5O7/c26-14-11-32-18-12(21-14)2-1-3-13(18)22-19(30)20(31)24-8-6-23(7-9-24)17(29)10-25-15(27)4-5-16(25)28/h1-3H,4-11H2,(H,21,26)(H,22,30). The van der Waals surface area contributed by atoms with Gasteiger partial charge in [0.1, 0.15) is 6.54 Å². The van der Waals surface area contributed by atoms with Gasteiger partial charge in [0.25, 0.3) is 5.91 Å². The minimum Gasteiger partial charge on any atom is -0.479 e. The fraction of sp³-hybridized carbons (Fsp3) is 0.400. The Bertz CT molecular complexity index is 1000. The van der Waals surface area contributed by atoms with Gasteiger partial charge in [0.15, 0.2) is 12.4 Å². The van der Waals surface area contributed by atoms with E-state index >= 15 is 0 Å². The van der Waals surface area contributed by atoms with Crippen molar-refractivity contribution in [2.45, 2.75) is 12.8 Å². The maximum atomic E-state index is 12.6. The van der Waals surface area contributed by atoms with Crippen LogP contribution in [0.2, 0.25) is 0 Å². The van der Waals surface area contributed by atoms with Gasteiger partial charge in [-0.05, 0) is 12.1 Å². The Morgan fingerprint density at radius 2 is 1.62 bits per heavy atom. The number of rotatable bonds is 3. The van der Waals surface area contributed by atoms with Gasteiger partial charge in [-0.3, -0.25) is 33.7 Å². The molecule has 0 saturated carbocycles. The molecule has 0 unspecified atom stereocenters. The van der Waals surface area contributed by atoms with Gasteiger partial charge in [-0.25, -0.2) is 0 Å². The maximum absolute atomic E-state index is 12.6. The number of piperazine rings is 1. The SMILES string of the molecule is O=C1COc2c(cccc2NC(=O)C(=O)N2CCN(C(=O)CN3C(=O)CCC3=O)CC2)N1. The van der Waals surface area contributed by atoms with Crippen LogP contribution in [0.1, 0.15) is 12.8 Å². The number of hydrogen-bond acceptors (Lipinski definition) is 7. The summed E-state index contributed by atoms with van der Waals surface area (Å²) in [6.45, 7) is 0.146. The molecule has 3 aliphatic heterocycles. The van der Waals surface area contributed by atoms with E-state index < -0.39 is 11.8 Å². The van der Waals surface area contributed by atoms with E-state index in [2.05, 4.69) is 10.6 Å². The number of anilines is 2. The number of carbonyl (C=O) groups excluding carboxylic acids is 6. The topological polar surface area (TPSA) is 145 Å². The van der Waals surface area contributed by atoms with E-state index in [1.165, 1.54) is 9.80 Å². The van der Waals surface area contributed by atoms with Crippen molar-refractivity contribution < 1.29 is 33.5 Å². The molecule has 12 nitrogen and oxygen atoms in total. The van der Waals surface area contributed by atoms with Crippen LogP contribution in [-0.2, 0) is 28.8 Å². The van der Waals surface area contributed by atoms with Crippen LogP contribution < -0.4 is 15.4 Å². The Morgan fingerprint density at radius 3 is 2.31 bits per heavy atom. The highest BCUT2D eigenvalue weighted by Crippen LogP contribution is 2.35. The van der Waals surface area contributed by atoms with Crippen molar-refractivity contribution >= 4 is 46.8 Å². The molecular formula is C20H21N5O7. The molecule has 32 heavy (non-hydrogen) atoms. The molecule has 0 bridgehead atoms. The van der Waals surface area contributed by atoms with E-state index in [4.69, 9.17) is 4.74 Å². The Kier molecular flexibility index (Phi) is 5.75. The quantitative estimate of drug-likeness (QED) is 0.440. The van der Waals surface area contributed by atoms with Crippen molar-refractivity contribution in [3.05, 3.63) is 18.2 Å². The monoisotopic (exact) mass is 443 g/mol. The number of fused-ring (bicyclic) bond motifs is 1. The minimum absolute atomic E-state index is 0.117. The van der Waals surface area contributed by atoms with Crippen LogP contribution in [-0.4, -0.2) is 89.5 Å². The first kappa shape index (κ1) is 21.3. The third-order valence-corrected chi connectivity index (χ3v) is 5.45. The van der Waals surface area contributed by atoms with E-state index in [0.717, 1.165) is 4.90 Å². The van der Waals surface area contributed by atoms with Gasteiger partial charge in [-0.15, -0.1) is 0 Å². The molecule has 0 atom stereocenters. The summed E-state index contributed by atoms with van der Waals surface area (Å²) in [5.74, 6) is -2.77. The lowest BCUT2D eigenvalue weighted by molar-refractivity contribution is -0.148. The van der Waals surface area contributed by atoms with Crippen molar-refractivity contribution in [2.75, 3.05) is 50.0 Å². The molecule has 1 aromatic carbocycles. The van der Waals surface area contributed by atoms with Gasteiger partial charge in [0.05, 0.1) is 11.4 Å². The Morgan fingerprint density at radius 1 is 0.969 bits per heavy atom. The first-order valence-corrected chi connectivity index (χ1v) is 10.1. The summed E-state index contributed by atoms with van der Waals surface area (Å²) in [4.78, 5) is 76.0. The Labute approximate surface area is 182 Å². The second-order valence-electron chi connectivity index (χ2n) is 7.52. The number of nitrogens with zero attached hydrogens (tertiary/aromatic N) is 3. The lowest BCUT2D eigenvalue weighted by Crippen LogP contribution is -2.54. The summed E-state index contributed by atoms with van der Waals surface area (Å²) in [6.07, 6.45) is 0.233. The number of nitrogens with one attached hydrogen (secondary N) is 2. The summed E-state index contributed by atoms with van der Waals surface area (Å²) < 4.78 is 5.36. The number of hydrogen-bond donors (Lipinski definition) is 2. The van der Waals surface area contributed by atoms with Gasteiger partial charge in [0, 0.05) is 39.0 Å². The van der Waals surface area contributed by atoms with Crippen LogP contribution in [0.15, 0.2) is 18.2 Å². The van der Waals surface area contributed by atoms with Crippen LogP contribution in [0.4, 0.5) is 11.4 Å². The van der Waals surface area contributed by atoms with Gasteiger partial charge in [-0.2, -0.15) is 0 Å². The van der Waals surface area contributed by atoms with Crippen molar-refractivity contribution in [1.29, 1.82) is 0 Å². The Balaban J connectivity index is 1.31. The minimum atomic E-state index is -0.869. The van der Waals surface area contributed by atoms with E-state index in [0.29, 0.717) is 5.69 Å². The van der Waals surface area contributed by atoms with Crippen molar-refractivity contribution in [3.63, 3.8) is 0 Å². The van der Waals surface area contributed by atoms with Crippen LogP contribution in [0.25, 0.3) is 0 Å². The van der Waals surface area contributed by atoms with Gasteiger partial charge >= 0.3 is 11.8 Å². The van der Waals surface area contributed by atoms with Gasteiger partial charge in [-0.1, -0.05) is 6.07 Å². The lowest BCUT2D eigenvalue weighted by Gasteiger charge is -2.35. The first-order chi connectivity index (χ1) is 15.3. The first-order valence-electron chi connectivity index (χ1n) is 10.1. The second kappa shape index (κ2) is 8.65. The molecule has 1 aromatic rings. The third-order valence-electron chi connectivity index (χ3n) is 5.45. The zero-order chi connectivity index (χ0) is 22.8. The smallest absolute Gasteiger partial charge is 0.314 e. The van der Waals surface area contributed by atoms with E-state index in [1.54, 1.807) is 18.2 Å². The summed E-state index contributed by atoms with van der Waals surface area (Å²) in [6, 6.07) is 4.77. The number of benzene rings is 1. The number of para-hydroxylation sites is 1. The molecule has 6 amide bonds. The molecule has 168 valence electrons. The van der Waals surface area contributed by atoms with Crippen LogP contribution in [0.3, 0.4) is 0 Å². The summed E-state index contributed by atoms with van der Waals surface area (Å²) in [5, 5.41) is 5.12. The van der Waals surface area contributed by atoms with E-state index in [1.807, 2.05) is 0 Å². The van der Waals surface area contributed by atoms with Crippen LogP contribution >= 0.6 is 0 Å². The normalized spacial score (nSPS) is 18.1. The average Bonchev–Trinajstić information content (AvgIpc) is 3.10. The summed E-state index contributed by atoms with van der Waals surface area (Å²) in [5.41, 5.74) is 0.656. The molecule has 4 rings (SSSR count). The molecule has 2 N–H and O–H groups in total. The molecule has 12 heteroatoms. The number of likely N-dealkylation sites (tertiary alicyclic amines) is 1. The lowest BCUT2D eigenvalue weighted by atomic mass is 10.2. The van der Waals surface area contributed by atoms with Crippen molar-refractivity contribution in [2.24, 2.45) is 0 Å². The fourth-order valence-electron chi connectivity index (χ4n) is 3.73. The molecule has 0 aliphatic carbocycles. The van der Waals surface area contributed by atoms with E-state index in [9.17, 15) is 28.8 Å². The zero-order valence-electron chi connectivity index (χ0n) is 17.1. The van der Waals surface area contributed by atoms with Crippen LogP contribution in [0, 0.1) is 0 Å². The predicted octanol–water partition coefficient (Wildman–Crippen LogP) is -1.22. The molecule has 0 aromatic heterocycles. The number of amides is 6. The largest absolute Gasteiger partial charge is 0.479 e. The molecular weight excluding hydrogens is 422 g/mol. The summed E-state index contributed by atoms with van der Waals surface area (Å²) in [7, 11) is 0. The van der Waals surface area contributed by atoms with Crippen molar-refractivity contribution in [1.82, 2.24) is 14.7 Å². The fourth-order valence-corrected chi connectivity index (χ4v) is 3.73. The maximum Gasteiger partial charge on any atom is 0.314 e. The average molecular weight is 443 g/mol. The van der Waals surface area contributed by atoms with Gasteiger partial charge < -0.3 is 25.2 Å². The number of imide groups is 1. The number of ether oxygens (including phenoxy) is 1. The molecule has 3 heterocycles. The molecule has 2 fully saturated rings. The molecule has 0 radical (unpaired) electrons. The summed E-state index contributed by atoms with van der Waals surface area (Å²) >= 11 is 0. The highest BCUT2D eigenvalue weighted by atomic mass is 16.5. The van der Waals surface area contributed by atoms with Gasteiger partial charge in [0.2, 0.25) is 17.7 Å². The number of carbonyl (C=O) groups is 6. The van der Waals surface area contributed by atoms with Crippen LogP contribution in [0.5, 0.6) is 5.75 Å². The third kappa shape index (κ3) is 4.24. The Hall–Kier alpha value is -3.96. The van der Waals surface area contributed by atoms with E-state index in [-0.39, 0.29) is 87.2 Å². The van der Waals surface area contributed by atoms with Crippen molar-refractivity contribution in [3.8, 4) is 5.75 Å². The zero-order valence-corrected chi connectivity index (χ0v) is 17.1.